The van der Waals surface area contributed by atoms with Crippen molar-refractivity contribution in [2.75, 3.05) is 5.32 Å². The van der Waals surface area contributed by atoms with E-state index < -0.39 is 0 Å². The van der Waals surface area contributed by atoms with E-state index in [1.165, 1.54) is 0 Å². The molecule has 3 nitrogen and oxygen atoms in total. The Morgan fingerprint density at radius 1 is 1.20 bits per heavy atom. The Labute approximate surface area is 136 Å². The molecule has 0 saturated carbocycles. The van der Waals surface area contributed by atoms with Crippen LogP contribution in [0.4, 0.5) is 5.69 Å². The summed E-state index contributed by atoms with van der Waals surface area (Å²) in [7, 11) is 0. The molecule has 0 bridgehead atoms. The van der Waals surface area contributed by atoms with Crippen LogP contribution < -0.4 is 11.1 Å². The minimum absolute atomic E-state index is 0.147. The highest BCUT2D eigenvalue weighted by Crippen LogP contribution is 2.18. The smallest absolute Gasteiger partial charge is 0.255 e. The van der Waals surface area contributed by atoms with E-state index in [1.807, 2.05) is 37.3 Å². The molecule has 1 amide bonds. The van der Waals surface area contributed by atoms with Gasteiger partial charge in [0.2, 0.25) is 0 Å². The van der Waals surface area contributed by atoms with Gasteiger partial charge in [0, 0.05) is 20.4 Å². The van der Waals surface area contributed by atoms with Gasteiger partial charge in [-0.05, 0) is 59.3 Å². The van der Waals surface area contributed by atoms with Crippen LogP contribution >= 0.6 is 34.8 Å². The van der Waals surface area contributed by atoms with Gasteiger partial charge >= 0.3 is 0 Å². The predicted octanol–water partition coefficient (Wildman–Crippen LogP) is 3.49. The van der Waals surface area contributed by atoms with E-state index in [0.717, 1.165) is 20.4 Å². The van der Waals surface area contributed by atoms with Gasteiger partial charge in [-0.15, -0.1) is 0 Å². The number of carbonyl (C=O) groups is 1. The number of halogens is 1. The summed E-state index contributed by atoms with van der Waals surface area (Å²) in [6, 6.07) is 12.9. The lowest BCUT2D eigenvalue weighted by Gasteiger charge is -2.10. The molecule has 2 aromatic carbocycles. The van der Waals surface area contributed by atoms with Gasteiger partial charge in [-0.25, -0.2) is 0 Å². The maximum absolute atomic E-state index is 12.2. The van der Waals surface area contributed by atoms with Gasteiger partial charge in [0.1, 0.15) is 4.99 Å². The number of benzene rings is 2. The molecule has 0 saturated heterocycles. The second-order valence-electron chi connectivity index (χ2n) is 4.36. The van der Waals surface area contributed by atoms with Crippen LogP contribution in [-0.4, -0.2) is 10.9 Å². The molecule has 0 aromatic heterocycles. The van der Waals surface area contributed by atoms with Gasteiger partial charge in [-0.1, -0.05) is 30.4 Å². The minimum Gasteiger partial charge on any atom is -0.389 e. The third kappa shape index (κ3) is 3.55. The normalized spacial score (nSPS) is 10.1. The van der Waals surface area contributed by atoms with E-state index >= 15 is 0 Å². The van der Waals surface area contributed by atoms with Gasteiger partial charge in [0.05, 0.1) is 0 Å². The molecule has 3 N–H and O–H groups in total. The van der Waals surface area contributed by atoms with Gasteiger partial charge in [-0.2, -0.15) is 0 Å². The summed E-state index contributed by atoms with van der Waals surface area (Å²) in [6.07, 6.45) is 0. The summed E-state index contributed by atoms with van der Waals surface area (Å²) < 4.78 is 1.02. The molecule has 0 heterocycles. The van der Waals surface area contributed by atoms with Crippen LogP contribution in [-0.2, 0) is 0 Å². The summed E-state index contributed by atoms with van der Waals surface area (Å²) in [5, 5.41) is 2.89. The summed E-state index contributed by atoms with van der Waals surface area (Å²) >= 11 is 7.13. The number of thiocarbonyl (C=S) groups is 1. The minimum atomic E-state index is -0.147. The van der Waals surface area contributed by atoms with Crippen LogP contribution in [0.25, 0.3) is 0 Å². The molecule has 0 aliphatic carbocycles. The highest BCUT2D eigenvalue weighted by Gasteiger charge is 2.09. The summed E-state index contributed by atoms with van der Waals surface area (Å²) in [5.74, 6) is -0.147. The van der Waals surface area contributed by atoms with Crippen LogP contribution in [0.5, 0.6) is 0 Å². The van der Waals surface area contributed by atoms with Gasteiger partial charge in [0.15, 0.2) is 0 Å². The van der Waals surface area contributed by atoms with Crippen molar-refractivity contribution in [3.05, 3.63) is 62.7 Å². The third-order valence-corrected chi connectivity index (χ3v) is 3.76. The Hall–Kier alpha value is -1.47. The SMILES string of the molecule is Cc1ccc(C(N)=S)cc1NC(=O)c1cccc(I)c1. The van der Waals surface area contributed by atoms with Crippen LogP contribution in [0.1, 0.15) is 21.5 Å². The third-order valence-electron chi connectivity index (χ3n) is 2.86. The average molecular weight is 396 g/mol. The number of nitrogens with one attached hydrogen (secondary N) is 1. The van der Waals surface area contributed by atoms with Crippen molar-refractivity contribution < 1.29 is 4.79 Å². The second kappa shape index (κ2) is 6.32. The van der Waals surface area contributed by atoms with E-state index in [0.29, 0.717) is 10.6 Å². The van der Waals surface area contributed by atoms with Gasteiger partial charge in [0.25, 0.3) is 5.91 Å². The van der Waals surface area contributed by atoms with E-state index in [1.54, 1.807) is 12.1 Å². The number of nitrogens with two attached hydrogens (primary N) is 1. The maximum Gasteiger partial charge on any atom is 0.255 e. The molecule has 0 aliphatic heterocycles. The number of rotatable bonds is 3. The number of carbonyl (C=O) groups excluding carboxylic acids is 1. The number of aryl methyl sites for hydroxylation is 1. The lowest BCUT2D eigenvalue weighted by atomic mass is 10.1. The summed E-state index contributed by atoms with van der Waals surface area (Å²) in [4.78, 5) is 12.5. The monoisotopic (exact) mass is 396 g/mol. The standard InChI is InChI=1S/C15H13IN2OS/c1-9-5-6-10(14(17)20)8-13(9)18-15(19)11-3-2-4-12(16)7-11/h2-8H,1H3,(H2,17,20)(H,18,19). The molecule has 2 rings (SSSR count). The zero-order valence-corrected chi connectivity index (χ0v) is 13.8. The van der Waals surface area contributed by atoms with Crippen LogP contribution in [0.3, 0.4) is 0 Å². The van der Waals surface area contributed by atoms with Crippen LogP contribution in [0.2, 0.25) is 0 Å². The fourth-order valence-electron chi connectivity index (χ4n) is 1.73. The lowest BCUT2D eigenvalue weighted by Crippen LogP contribution is -2.15. The Morgan fingerprint density at radius 2 is 1.95 bits per heavy atom. The van der Waals surface area contributed by atoms with E-state index in [-0.39, 0.29) is 5.91 Å². The number of amides is 1. The highest BCUT2D eigenvalue weighted by atomic mass is 127. The number of hydrogen-bond donors (Lipinski definition) is 2. The number of hydrogen-bond acceptors (Lipinski definition) is 2. The zero-order valence-electron chi connectivity index (χ0n) is 10.8. The fraction of sp³-hybridized carbons (Fsp3) is 0.0667. The fourth-order valence-corrected chi connectivity index (χ4v) is 2.40. The first kappa shape index (κ1) is 14.9. The van der Waals surface area contributed by atoms with Crippen molar-refractivity contribution in [1.82, 2.24) is 0 Å². The molecular formula is C15H13IN2OS. The van der Waals surface area contributed by atoms with Crippen LogP contribution in [0, 0.1) is 10.5 Å². The van der Waals surface area contributed by atoms with Crippen molar-refractivity contribution in [3.8, 4) is 0 Å². The Bertz CT molecular complexity index is 685. The zero-order chi connectivity index (χ0) is 14.7. The molecule has 0 fully saturated rings. The molecule has 0 aliphatic rings. The molecule has 0 radical (unpaired) electrons. The summed E-state index contributed by atoms with van der Waals surface area (Å²) in [6.45, 7) is 1.92. The van der Waals surface area contributed by atoms with Crippen molar-refractivity contribution in [2.24, 2.45) is 5.73 Å². The Morgan fingerprint density at radius 3 is 2.60 bits per heavy atom. The van der Waals surface area contributed by atoms with Crippen LogP contribution in [0.15, 0.2) is 42.5 Å². The molecule has 2 aromatic rings. The summed E-state index contributed by atoms with van der Waals surface area (Å²) in [5.41, 5.74) is 8.66. The molecular weight excluding hydrogens is 383 g/mol. The average Bonchev–Trinajstić information content (AvgIpc) is 2.41. The molecule has 5 heteroatoms. The number of anilines is 1. The van der Waals surface area contributed by atoms with Gasteiger partial charge in [-0.3, -0.25) is 4.79 Å². The Kier molecular flexibility index (Phi) is 4.72. The quantitative estimate of drug-likeness (QED) is 0.617. The first-order chi connectivity index (χ1) is 9.47. The van der Waals surface area contributed by atoms with E-state index in [4.69, 9.17) is 18.0 Å². The largest absolute Gasteiger partial charge is 0.389 e. The van der Waals surface area contributed by atoms with Gasteiger partial charge < -0.3 is 11.1 Å². The molecule has 102 valence electrons. The highest BCUT2D eigenvalue weighted by molar-refractivity contribution is 14.1. The lowest BCUT2D eigenvalue weighted by molar-refractivity contribution is 0.102. The maximum atomic E-state index is 12.2. The first-order valence-electron chi connectivity index (χ1n) is 5.95. The van der Waals surface area contributed by atoms with Crippen molar-refractivity contribution in [3.63, 3.8) is 0 Å². The first-order valence-corrected chi connectivity index (χ1v) is 7.43. The van der Waals surface area contributed by atoms with E-state index in [2.05, 4.69) is 27.9 Å². The second-order valence-corrected chi connectivity index (χ2v) is 6.04. The Balaban J connectivity index is 2.27. The van der Waals surface area contributed by atoms with Crippen molar-refractivity contribution >= 4 is 51.4 Å². The molecule has 0 atom stereocenters. The van der Waals surface area contributed by atoms with Crippen molar-refractivity contribution in [1.29, 1.82) is 0 Å². The van der Waals surface area contributed by atoms with E-state index in [9.17, 15) is 4.79 Å². The molecule has 0 unspecified atom stereocenters. The molecule has 0 spiro atoms. The predicted molar refractivity (Wildman–Crippen MR) is 94.2 cm³/mol. The topological polar surface area (TPSA) is 55.1 Å². The molecule has 20 heavy (non-hydrogen) atoms. The van der Waals surface area contributed by atoms with Crippen molar-refractivity contribution in [2.45, 2.75) is 6.92 Å².